The van der Waals surface area contributed by atoms with Gasteiger partial charge >= 0.3 is 0 Å². The highest BCUT2D eigenvalue weighted by Crippen LogP contribution is 2.36. The first-order chi connectivity index (χ1) is 9.61. The summed E-state index contributed by atoms with van der Waals surface area (Å²) in [7, 11) is 0. The monoisotopic (exact) mass is 469 g/mol. The molecule has 1 aliphatic rings. The van der Waals surface area contributed by atoms with Gasteiger partial charge in [0.25, 0.3) is 0 Å². The molecule has 0 amide bonds. The van der Waals surface area contributed by atoms with Crippen molar-refractivity contribution >= 4 is 47.8 Å². The summed E-state index contributed by atoms with van der Waals surface area (Å²) < 4.78 is 14.4. The van der Waals surface area contributed by atoms with Gasteiger partial charge in [0.1, 0.15) is 12.4 Å². The highest BCUT2D eigenvalue weighted by Gasteiger charge is 2.26. The Morgan fingerprint density at radius 3 is 2.60 bits per heavy atom. The van der Waals surface area contributed by atoms with Crippen LogP contribution in [0.15, 0.2) is 25.6 Å². The second-order valence-electron chi connectivity index (χ2n) is 4.80. The minimum Gasteiger partial charge on any atom is -0.490 e. The molecule has 2 atom stereocenters. The topological polar surface area (TPSA) is 30.5 Å². The zero-order valence-electron chi connectivity index (χ0n) is 11.3. The van der Waals surface area contributed by atoms with Crippen LogP contribution in [0.1, 0.15) is 13.3 Å². The standard InChI is InChI=1S/C14H18Br3NO2/c1-2-18-13(9-3-4-19-7-9)8-20-14-11(16)5-10(15)6-12(14)17/h5-6,9,13,18H,2-4,7-8H2,1H3. The maximum atomic E-state index is 6.02. The number of ether oxygens (including phenoxy) is 2. The van der Waals surface area contributed by atoms with E-state index in [0.29, 0.717) is 18.6 Å². The zero-order valence-corrected chi connectivity index (χ0v) is 16.1. The zero-order chi connectivity index (χ0) is 14.5. The van der Waals surface area contributed by atoms with E-state index in [1.54, 1.807) is 0 Å². The summed E-state index contributed by atoms with van der Waals surface area (Å²) in [5, 5.41) is 3.50. The molecule has 0 saturated carbocycles. The molecule has 2 unspecified atom stereocenters. The third-order valence-corrected chi connectivity index (χ3v) is 5.01. The fourth-order valence-corrected chi connectivity index (χ4v) is 4.82. The van der Waals surface area contributed by atoms with Crippen molar-refractivity contribution in [2.45, 2.75) is 19.4 Å². The summed E-state index contributed by atoms with van der Waals surface area (Å²) in [5.41, 5.74) is 0. The fraction of sp³-hybridized carbons (Fsp3) is 0.571. The van der Waals surface area contributed by atoms with Crippen LogP contribution in [0.25, 0.3) is 0 Å². The Balaban J connectivity index is 2.01. The largest absolute Gasteiger partial charge is 0.490 e. The molecule has 1 fully saturated rings. The molecule has 0 spiro atoms. The van der Waals surface area contributed by atoms with Crippen molar-refractivity contribution in [3.8, 4) is 5.75 Å². The number of nitrogens with one attached hydrogen (secondary N) is 1. The van der Waals surface area contributed by atoms with Crippen LogP contribution in [-0.2, 0) is 4.74 Å². The molecule has 1 N–H and O–H groups in total. The van der Waals surface area contributed by atoms with E-state index >= 15 is 0 Å². The first-order valence-corrected chi connectivity index (χ1v) is 9.08. The van der Waals surface area contributed by atoms with Crippen molar-refractivity contribution in [2.75, 3.05) is 26.4 Å². The summed E-state index contributed by atoms with van der Waals surface area (Å²) in [6.07, 6.45) is 1.10. The van der Waals surface area contributed by atoms with Crippen LogP contribution in [0, 0.1) is 5.92 Å². The molecule has 0 aliphatic carbocycles. The third-order valence-electron chi connectivity index (χ3n) is 3.37. The summed E-state index contributed by atoms with van der Waals surface area (Å²) in [4.78, 5) is 0. The molecule has 0 radical (unpaired) electrons. The van der Waals surface area contributed by atoms with Gasteiger partial charge in [0.2, 0.25) is 0 Å². The van der Waals surface area contributed by atoms with Crippen LogP contribution in [0.3, 0.4) is 0 Å². The lowest BCUT2D eigenvalue weighted by Crippen LogP contribution is -2.41. The van der Waals surface area contributed by atoms with Crippen molar-refractivity contribution in [3.05, 3.63) is 25.6 Å². The average Bonchev–Trinajstić information content (AvgIpc) is 2.89. The lowest BCUT2D eigenvalue weighted by molar-refractivity contribution is 0.160. The summed E-state index contributed by atoms with van der Waals surface area (Å²) in [6.45, 7) is 5.38. The Labute approximate surface area is 145 Å². The summed E-state index contributed by atoms with van der Waals surface area (Å²) in [6, 6.07) is 4.30. The molecule has 3 nitrogen and oxygen atoms in total. The Morgan fingerprint density at radius 1 is 1.35 bits per heavy atom. The SMILES string of the molecule is CCNC(COc1c(Br)cc(Br)cc1Br)C1CCOC1. The van der Waals surface area contributed by atoms with E-state index in [-0.39, 0.29) is 0 Å². The molecule has 112 valence electrons. The van der Waals surface area contributed by atoms with Gasteiger partial charge in [-0.1, -0.05) is 22.9 Å². The van der Waals surface area contributed by atoms with Crippen LogP contribution in [0.4, 0.5) is 0 Å². The molecule has 1 aromatic carbocycles. The minimum absolute atomic E-state index is 0.324. The van der Waals surface area contributed by atoms with Gasteiger partial charge in [0, 0.05) is 23.0 Å². The normalized spacial score (nSPS) is 20.1. The van der Waals surface area contributed by atoms with Crippen LogP contribution >= 0.6 is 47.8 Å². The molecule has 1 saturated heterocycles. The third kappa shape index (κ3) is 4.44. The number of benzene rings is 1. The molecule has 0 aromatic heterocycles. The average molecular weight is 472 g/mol. The smallest absolute Gasteiger partial charge is 0.147 e. The quantitative estimate of drug-likeness (QED) is 0.668. The molecular weight excluding hydrogens is 454 g/mol. The molecule has 1 heterocycles. The molecule has 1 aliphatic heterocycles. The Bertz CT molecular complexity index is 427. The van der Waals surface area contributed by atoms with Crippen molar-refractivity contribution in [2.24, 2.45) is 5.92 Å². The van der Waals surface area contributed by atoms with E-state index in [2.05, 4.69) is 60.0 Å². The van der Waals surface area contributed by atoms with E-state index in [1.165, 1.54) is 0 Å². The van der Waals surface area contributed by atoms with Crippen LogP contribution < -0.4 is 10.1 Å². The van der Waals surface area contributed by atoms with Crippen molar-refractivity contribution in [1.29, 1.82) is 0 Å². The van der Waals surface area contributed by atoms with Gasteiger partial charge in [-0.3, -0.25) is 0 Å². The van der Waals surface area contributed by atoms with Crippen LogP contribution in [0.5, 0.6) is 5.75 Å². The first-order valence-electron chi connectivity index (χ1n) is 6.70. The molecule has 1 aromatic rings. The molecule has 2 rings (SSSR count). The van der Waals surface area contributed by atoms with E-state index in [9.17, 15) is 0 Å². The molecule has 20 heavy (non-hydrogen) atoms. The van der Waals surface area contributed by atoms with Crippen molar-refractivity contribution in [1.82, 2.24) is 5.32 Å². The lowest BCUT2D eigenvalue weighted by atomic mass is 10.00. The second kappa shape index (κ2) is 8.13. The highest BCUT2D eigenvalue weighted by atomic mass is 79.9. The number of halogens is 3. The Hall–Kier alpha value is 0.380. The summed E-state index contributed by atoms with van der Waals surface area (Å²) in [5.74, 6) is 1.37. The van der Waals surface area contributed by atoms with Gasteiger partial charge in [-0.15, -0.1) is 0 Å². The maximum absolute atomic E-state index is 6.02. The van der Waals surface area contributed by atoms with Gasteiger partial charge in [-0.25, -0.2) is 0 Å². The number of rotatable bonds is 6. The van der Waals surface area contributed by atoms with Gasteiger partial charge in [-0.05, 0) is 57.0 Å². The molecule has 6 heteroatoms. The predicted octanol–water partition coefficient (Wildman–Crippen LogP) is 4.37. The predicted molar refractivity (Wildman–Crippen MR) is 91.4 cm³/mol. The van der Waals surface area contributed by atoms with E-state index in [0.717, 1.165) is 45.3 Å². The maximum Gasteiger partial charge on any atom is 0.147 e. The first kappa shape index (κ1) is 16.7. The van der Waals surface area contributed by atoms with E-state index in [1.807, 2.05) is 12.1 Å². The second-order valence-corrected chi connectivity index (χ2v) is 7.42. The van der Waals surface area contributed by atoms with Gasteiger partial charge < -0.3 is 14.8 Å². The molecule has 0 bridgehead atoms. The Morgan fingerprint density at radius 2 is 2.05 bits per heavy atom. The lowest BCUT2D eigenvalue weighted by Gasteiger charge is -2.24. The van der Waals surface area contributed by atoms with Gasteiger partial charge in [-0.2, -0.15) is 0 Å². The van der Waals surface area contributed by atoms with Crippen LogP contribution in [0.2, 0.25) is 0 Å². The number of hydrogen-bond acceptors (Lipinski definition) is 3. The van der Waals surface area contributed by atoms with E-state index < -0.39 is 0 Å². The summed E-state index contributed by atoms with van der Waals surface area (Å²) >= 11 is 10.5. The van der Waals surface area contributed by atoms with E-state index in [4.69, 9.17) is 9.47 Å². The number of hydrogen-bond donors (Lipinski definition) is 1. The van der Waals surface area contributed by atoms with Crippen LogP contribution in [-0.4, -0.2) is 32.4 Å². The molecular formula is C14H18Br3NO2. The minimum atomic E-state index is 0.324. The fourth-order valence-electron chi connectivity index (χ4n) is 2.33. The van der Waals surface area contributed by atoms with Crippen molar-refractivity contribution in [3.63, 3.8) is 0 Å². The van der Waals surface area contributed by atoms with Crippen molar-refractivity contribution < 1.29 is 9.47 Å². The van der Waals surface area contributed by atoms with Gasteiger partial charge in [0.15, 0.2) is 0 Å². The van der Waals surface area contributed by atoms with Gasteiger partial charge in [0.05, 0.1) is 15.6 Å². The highest BCUT2D eigenvalue weighted by molar-refractivity contribution is 9.11. The Kier molecular flexibility index (Phi) is 6.81. The number of likely N-dealkylation sites (N-methyl/N-ethyl adjacent to an activating group) is 1.